The molecule has 2 unspecified atom stereocenters. The number of benzene rings is 1. The zero-order chi connectivity index (χ0) is 11.8. The first-order chi connectivity index (χ1) is 8.31. The quantitative estimate of drug-likeness (QED) is 0.887. The van der Waals surface area contributed by atoms with Crippen LogP contribution in [0.4, 0.5) is 5.00 Å². The van der Waals surface area contributed by atoms with Gasteiger partial charge in [0, 0.05) is 11.9 Å². The highest BCUT2D eigenvalue weighted by molar-refractivity contribution is 7.11. The lowest BCUT2D eigenvalue weighted by Crippen LogP contribution is -2.34. The summed E-state index contributed by atoms with van der Waals surface area (Å²) < 4.78 is 4.48. The third-order valence-electron chi connectivity index (χ3n) is 3.70. The van der Waals surface area contributed by atoms with Crippen molar-refractivity contribution in [3.05, 3.63) is 24.3 Å². The van der Waals surface area contributed by atoms with Crippen LogP contribution in [0.5, 0.6) is 0 Å². The second kappa shape index (κ2) is 4.27. The number of nitrogens with zero attached hydrogens (tertiary/aromatic N) is 2. The van der Waals surface area contributed by atoms with Crippen molar-refractivity contribution in [1.29, 1.82) is 0 Å². The van der Waals surface area contributed by atoms with Crippen LogP contribution in [0.15, 0.2) is 24.3 Å². The third kappa shape index (κ3) is 1.72. The summed E-state index contributed by atoms with van der Waals surface area (Å²) in [5.41, 5.74) is 1.06. The molecule has 0 amide bonds. The van der Waals surface area contributed by atoms with Gasteiger partial charge in [0.1, 0.15) is 5.00 Å². The monoisotopic (exact) mass is 248 g/mol. The summed E-state index contributed by atoms with van der Waals surface area (Å²) in [5, 5.41) is 11.9. The van der Waals surface area contributed by atoms with Crippen LogP contribution in [0.3, 0.4) is 0 Å². The molecule has 0 saturated carbocycles. The van der Waals surface area contributed by atoms with E-state index < -0.39 is 0 Å². The summed E-state index contributed by atoms with van der Waals surface area (Å²) in [6.07, 6.45) is 1.15. The number of anilines is 1. The molecular weight excluding hydrogens is 232 g/mol. The number of aliphatic hydroxyl groups is 1. The largest absolute Gasteiger partial charge is 0.394 e. The predicted molar refractivity (Wildman–Crippen MR) is 71.6 cm³/mol. The molecule has 0 radical (unpaired) electrons. The number of rotatable bonds is 2. The zero-order valence-corrected chi connectivity index (χ0v) is 10.7. The van der Waals surface area contributed by atoms with Gasteiger partial charge in [-0.25, -0.2) is 0 Å². The molecule has 1 fully saturated rings. The molecule has 2 heterocycles. The number of fused-ring (bicyclic) bond motifs is 1. The SMILES string of the molecule is CC1CCN(c2snc3ccccc23)C1CO. The molecule has 1 aromatic carbocycles. The van der Waals surface area contributed by atoms with Gasteiger partial charge in [0.05, 0.1) is 18.2 Å². The normalized spacial score (nSPS) is 24.7. The molecule has 1 saturated heterocycles. The zero-order valence-electron chi connectivity index (χ0n) is 9.84. The second-order valence-corrected chi connectivity index (χ2v) is 5.47. The Balaban J connectivity index is 2.04. The van der Waals surface area contributed by atoms with Gasteiger partial charge >= 0.3 is 0 Å². The molecule has 2 atom stereocenters. The number of aromatic nitrogens is 1. The Morgan fingerprint density at radius 2 is 2.29 bits per heavy atom. The first-order valence-corrected chi connectivity index (χ1v) is 6.80. The molecule has 0 bridgehead atoms. The second-order valence-electron chi connectivity index (χ2n) is 4.71. The minimum atomic E-state index is 0.230. The van der Waals surface area contributed by atoms with E-state index in [1.165, 1.54) is 10.4 Å². The van der Waals surface area contributed by atoms with Crippen molar-refractivity contribution in [1.82, 2.24) is 4.37 Å². The van der Waals surface area contributed by atoms with Crippen LogP contribution < -0.4 is 4.90 Å². The first kappa shape index (κ1) is 11.0. The van der Waals surface area contributed by atoms with Crippen LogP contribution >= 0.6 is 11.5 Å². The standard InChI is InChI=1S/C13H16N2OS/c1-9-6-7-15(12(9)8-16)13-10-4-2-3-5-11(10)14-17-13/h2-5,9,12,16H,6-8H2,1H3. The highest BCUT2D eigenvalue weighted by Gasteiger charge is 2.32. The Hall–Kier alpha value is -1.13. The van der Waals surface area contributed by atoms with Crippen molar-refractivity contribution < 1.29 is 5.11 Å². The van der Waals surface area contributed by atoms with Gasteiger partial charge in [0.25, 0.3) is 0 Å². The number of aliphatic hydroxyl groups excluding tert-OH is 1. The molecular formula is C13H16N2OS. The Kier molecular flexibility index (Phi) is 2.76. The molecule has 0 spiro atoms. The Bertz CT molecular complexity index is 525. The van der Waals surface area contributed by atoms with E-state index in [0.29, 0.717) is 5.92 Å². The minimum absolute atomic E-state index is 0.230. The summed E-state index contributed by atoms with van der Waals surface area (Å²) in [4.78, 5) is 2.32. The van der Waals surface area contributed by atoms with Crippen molar-refractivity contribution in [2.75, 3.05) is 18.1 Å². The van der Waals surface area contributed by atoms with Crippen molar-refractivity contribution in [2.24, 2.45) is 5.92 Å². The van der Waals surface area contributed by atoms with E-state index in [-0.39, 0.29) is 12.6 Å². The van der Waals surface area contributed by atoms with Gasteiger partial charge in [-0.3, -0.25) is 0 Å². The lowest BCUT2D eigenvalue weighted by molar-refractivity contribution is 0.245. The fourth-order valence-corrected chi connectivity index (χ4v) is 3.57. The number of hydrogen-bond donors (Lipinski definition) is 1. The summed E-state index contributed by atoms with van der Waals surface area (Å²) in [6.45, 7) is 3.47. The van der Waals surface area contributed by atoms with E-state index in [9.17, 15) is 5.11 Å². The van der Waals surface area contributed by atoms with Crippen LogP contribution in [0.2, 0.25) is 0 Å². The van der Waals surface area contributed by atoms with Crippen LogP contribution in [0.1, 0.15) is 13.3 Å². The van der Waals surface area contributed by atoms with E-state index in [1.807, 2.05) is 18.2 Å². The molecule has 4 heteroatoms. The third-order valence-corrected chi connectivity index (χ3v) is 4.61. The molecule has 17 heavy (non-hydrogen) atoms. The van der Waals surface area contributed by atoms with E-state index in [1.54, 1.807) is 11.5 Å². The van der Waals surface area contributed by atoms with Crippen molar-refractivity contribution in [3.63, 3.8) is 0 Å². The van der Waals surface area contributed by atoms with Crippen molar-refractivity contribution >= 4 is 27.4 Å². The molecule has 1 N–H and O–H groups in total. The van der Waals surface area contributed by atoms with Crippen molar-refractivity contribution in [3.8, 4) is 0 Å². The van der Waals surface area contributed by atoms with Gasteiger partial charge in [0.15, 0.2) is 0 Å². The first-order valence-electron chi connectivity index (χ1n) is 6.03. The van der Waals surface area contributed by atoms with Gasteiger partial charge < -0.3 is 10.0 Å². The fraction of sp³-hybridized carbons (Fsp3) is 0.462. The van der Waals surface area contributed by atoms with E-state index in [0.717, 1.165) is 18.5 Å². The van der Waals surface area contributed by atoms with Gasteiger partial charge in [-0.15, -0.1) is 0 Å². The summed E-state index contributed by atoms with van der Waals surface area (Å²) in [5.74, 6) is 0.556. The molecule has 0 aliphatic carbocycles. The molecule has 2 aromatic rings. The lowest BCUT2D eigenvalue weighted by atomic mass is 10.0. The van der Waals surface area contributed by atoms with Gasteiger partial charge in [-0.1, -0.05) is 19.1 Å². The average Bonchev–Trinajstić information content (AvgIpc) is 2.92. The van der Waals surface area contributed by atoms with E-state index in [4.69, 9.17) is 0 Å². The Morgan fingerprint density at radius 3 is 3.12 bits per heavy atom. The summed E-state index contributed by atoms with van der Waals surface area (Å²) in [7, 11) is 0. The lowest BCUT2D eigenvalue weighted by Gasteiger charge is -2.25. The van der Waals surface area contributed by atoms with Crippen molar-refractivity contribution in [2.45, 2.75) is 19.4 Å². The molecule has 3 nitrogen and oxygen atoms in total. The van der Waals surface area contributed by atoms with Gasteiger partial charge in [-0.2, -0.15) is 4.37 Å². The van der Waals surface area contributed by atoms with Crippen LogP contribution in [-0.4, -0.2) is 28.7 Å². The highest BCUT2D eigenvalue weighted by atomic mass is 32.1. The maximum absolute atomic E-state index is 9.52. The van der Waals surface area contributed by atoms with E-state index >= 15 is 0 Å². The maximum atomic E-state index is 9.52. The van der Waals surface area contributed by atoms with Gasteiger partial charge in [-0.05, 0) is 36.0 Å². The molecule has 1 aromatic heterocycles. The summed E-state index contributed by atoms with van der Waals surface area (Å²) in [6, 6.07) is 8.48. The molecule has 1 aliphatic heterocycles. The maximum Gasteiger partial charge on any atom is 0.120 e. The molecule has 1 aliphatic rings. The van der Waals surface area contributed by atoms with Crippen LogP contribution in [0.25, 0.3) is 10.9 Å². The predicted octanol–water partition coefficient (Wildman–Crippen LogP) is 2.50. The highest BCUT2D eigenvalue weighted by Crippen LogP contribution is 2.37. The Labute approximate surface area is 105 Å². The topological polar surface area (TPSA) is 36.4 Å². The van der Waals surface area contributed by atoms with E-state index in [2.05, 4.69) is 22.3 Å². The molecule has 90 valence electrons. The summed E-state index contributed by atoms with van der Waals surface area (Å²) >= 11 is 1.55. The van der Waals surface area contributed by atoms with Crippen LogP contribution in [0, 0.1) is 5.92 Å². The smallest absolute Gasteiger partial charge is 0.120 e. The average molecular weight is 248 g/mol. The van der Waals surface area contributed by atoms with Gasteiger partial charge in [0.2, 0.25) is 0 Å². The number of hydrogen-bond acceptors (Lipinski definition) is 4. The fourth-order valence-electron chi connectivity index (χ4n) is 2.62. The Morgan fingerprint density at radius 1 is 1.47 bits per heavy atom. The van der Waals surface area contributed by atoms with Crippen LogP contribution in [-0.2, 0) is 0 Å². The minimum Gasteiger partial charge on any atom is -0.394 e. The molecule has 3 rings (SSSR count).